The Morgan fingerprint density at radius 3 is 3.25 bits per heavy atom. The third-order valence-corrected chi connectivity index (χ3v) is 3.55. The quantitative estimate of drug-likeness (QED) is 0.789. The topological polar surface area (TPSA) is 49.2 Å². The molecule has 16 heavy (non-hydrogen) atoms. The number of ether oxygens (including phenoxy) is 1. The van der Waals surface area contributed by atoms with Gasteiger partial charge in [-0.2, -0.15) is 5.26 Å². The molecule has 1 atom stereocenters. The first kappa shape index (κ1) is 11.4. The summed E-state index contributed by atoms with van der Waals surface area (Å²) in [4.78, 5) is 6.42. The number of anilines is 1. The standard InChI is InChI=1S/C11H12BrN3O/c1-8-2-3-14-11(10(8)12)15-4-5-16-9(6-13)7-15/h2-3,9H,4-5,7H2,1H3. The molecule has 5 heteroatoms. The van der Waals surface area contributed by atoms with Crippen molar-refractivity contribution in [2.24, 2.45) is 0 Å². The maximum absolute atomic E-state index is 8.85. The molecular formula is C11H12BrN3O. The van der Waals surface area contributed by atoms with E-state index in [0.717, 1.165) is 22.4 Å². The van der Waals surface area contributed by atoms with Gasteiger partial charge in [0.05, 0.1) is 23.7 Å². The Hall–Kier alpha value is -1.12. The first-order valence-corrected chi connectivity index (χ1v) is 5.89. The predicted octanol–water partition coefficient (Wildman–Crippen LogP) is 1.88. The van der Waals surface area contributed by atoms with Crippen LogP contribution in [0.25, 0.3) is 0 Å². The van der Waals surface area contributed by atoms with Crippen LogP contribution in [0.1, 0.15) is 5.56 Å². The average molecular weight is 282 g/mol. The summed E-state index contributed by atoms with van der Waals surface area (Å²) >= 11 is 3.53. The second-order valence-electron chi connectivity index (χ2n) is 3.70. The summed E-state index contributed by atoms with van der Waals surface area (Å²) in [6.45, 7) is 3.94. The molecular weight excluding hydrogens is 270 g/mol. The Morgan fingerprint density at radius 1 is 1.69 bits per heavy atom. The summed E-state index contributed by atoms with van der Waals surface area (Å²) < 4.78 is 6.30. The number of hydrogen-bond acceptors (Lipinski definition) is 4. The van der Waals surface area contributed by atoms with E-state index in [1.807, 2.05) is 13.0 Å². The monoisotopic (exact) mass is 281 g/mol. The van der Waals surface area contributed by atoms with Gasteiger partial charge in [-0.3, -0.25) is 0 Å². The first-order chi connectivity index (χ1) is 7.72. The van der Waals surface area contributed by atoms with Crippen LogP contribution in [-0.2, 0) is 4.74 Å². The molecule has 0 aliphatic carbocycles. The van der Waals surface area contributed by atoms with Gasteiger partial charge in [-0.15, -0.1) is 0 Å². The maximum atomic E-state index is 8.85. The highest BCUT2D eigenvalue weighted by Gasteiger charge is 2.22. The molecule has 0 amide bonds. The molecule has 1 saturated heterocycles. The second kappa shape index (κ2) is 4.81. The lowest BCUT2D eigenvalue weighted by Crippen LogP contribution is -2.42. The van der Waals surface area contributed by atoms with Crippen LogP contribution in [0.4, 0.5) is 5.82 Å². The molecule has 1 aromatic rings. The predicted molar refractivity (Wildman–Crippen MR) is 64.2 cm³/mol. The smallest absolute Gasteiger partial charge is 0.161 e. The highest BCUT2D eigenvalue weighted by molar-refractivity contribution is 9.10. The van der Waals surface area contributed by atoms with E-state index in [4.69, 9.17) is 10.00 Å². The number of nitrogens with zero attached hydrogens (tertiary/aromatic N) is 3. The lowest BCUT2D eigenvalue weighted by Gasteiger charge is -2.31. The van der Waals surface area contributed by atoms with Crippen molar-refractivity contribution >= 4 is 21.7 Å². The van der Waals surface area contributed by atoms with Crippen LogP contribution in [0.2, 0.25) is 0 Å². The molecule has 0 saturated carbocycles. The van der Waals surface area contributed by atoms with Crippen molar-refractivity contribution in [3.63, 3.8) is 0 Å². The van der Waals surface area contributed by atoms with Gasteiger partial charge in [0.2, 0.25) is 0 Å². The van der Waals surface area contributed by atoms with E-state index in [9.17, 15) is 0 Å². The molecule has 1 aliphatic rings. The number of nitriles is 1. The largest absolute Gasteiger partial charge is 0.360 e. The van der Waals surface area contributed by atoms with E-state index in [-0.39, 0.29) is 6.10 Å². The van der Waals surface area contributed by atoms with Gasteiger partial charge in [0.15, 0.2) is 6.10 Å². The van der Waals surface area contributed by atoms with Crippen LogP contribution in [0.3, 0.4) is 0 Å². The number of rotatable bonds is 1. The fourth-order valence-electron chi connectivity index (χ4n) is 1.67. The summed E-state index contributed by atoms with van der Waals surface area (Å²) in [6, 6.07) is 4.08. The van der Waals surface area contributed by atoms with Gasteiger partial charge in [0, 0.05) is 12.7 Å². The van der Waals surface area contributed by atoms with Crippen molar-refractivity contribution < 1.29 is 4.74 Å². The van der Waals surface area contributed by atoms with Gasteiger partial charge in [-0.25, -0.2) is 4.98 Å². The lowest BCUT2D eigenvalue weighted by atomic mass is 10.2. The first-order valence-electron chi connectivity index (χ1n) is 5.09. The number of aryl methyl sites for hydroxylation is 1. The van der Waals surface area contributed by atoms with Crippen molar-refractivity contribution in [1.82, 2.24) is 4.98 Å². The third-order valence-electron chi connectivity index (χ3n) is 2.57. The summed E-state index contributed by atoms with van der Waals surface area (Å²) in [5, 5.41) is 8.85. The Kier molecular flexibility index (Phi) is 3.42. The zero-order valence-corrected chi connectivity index (χ0v) is 10.6. The Morgan fingerprint density at radius 2 is 2.50 bits per heavy atom. The summed E-state index contributed by atoms with van der Waals surface area (Å²) in [7, 11) is 0. The second-order valence-corrected chi connectivity index (χ2v) is 4.49. The van der Waals surface area contributed by atoms with Crippen LogP contribution in [-0.4, -0.2) is 30.8 Å². The molecule has 1 aromatic heterocycles. The van der Waals surface area contributed by atoms with E-state index in [2.05, 4.69) is 31.9 Å². The summed E-state index contributed by atoms with van der Waals surface area (Å²) in [5.41, 5.74) is 1.14. The molecule has 1 unspecified atom stereocenters. The van der Waals surface area contributed by atoms with E-state index in [1.165, 1.54) is 0 Å². The van der Waals surface area contributed by atoms with Crippen LogP contribution in [0, 0.1) is 18.3 Å². The van der Waals surface area contributed by atoms with Crippen LogP contribution < -0.4 is 4.90 Å². The summed E-state index contributed by atoms with van der Waals surface area (Å²) in [5.74, 6) is 0.892. The molecule has 0 radical (unpaired) electrons. The number of hydrogen-bond donors (Lipinski definition) is 0. The fraction of sp³-hybridized carbons (Fsp3) is 0.455. The molecule has 0 aromatic carbocycles. The van der Waals surface area contributed by atoms with Crippen molar-refractivity contribution in [2.75, 3.05) is 24.6 Å². The molecule has 2 heterocycles. The van der Waals surface area contributed by atoms with Gasteiger partial charge in [-0.05, 0) is 34.5 Å². The SMILES string of the molecule is Cc1ccnc(N2CCOC(C#N)C2)c1Br. The Labute approximate surface area is 103 Å². The zero-order chi connectivity index (χ0) is 11.5. The Bertz CT molecular complexity index is 430. The van der Waals surface area contributed by atoms with Crippen molar-refractivity contribution in [2.45, 2.75) is 13.0 Å². The fourth-order valence-corrected chi connectivity index (χ4v) is 2.15. The van der Waals surface area contributed by atoms with E-state index in [0.29, 0.717) is 13.2 Å². The summed E-state index contributed by atoms with van der Waals surface area (Å²) in [6.07, 6.45) is 1.43. The van der Waals surface area contributed by atoms with E-state index >= 15 is 0 Å². The zero-order valence-electron chi connectivity index (χ0n) is 8.98. The maximum Gasteiger partial charge on any atom is 0.161 e. The van der Waals surface area contributed by atoms with Crippen molar-refractivity contribution in [1.29, 1.82) is 5.26 Å². The highest BCUT2D eigenvalue weighted by Crippen LogP contribution is 2.27. The molecule has 2 rings (SSSR count). The minimum atomic E-state index is -0.358. The van der Waals surface area contributed by atoms with Crippen LogP contribution in [0.15, 0.2) is 16.7 Å². The van der Waals surface area contributed by atoms with Gasteiger partial charge < -0.3 is 9.64 Å². The molecule has 0 bridgehead atoms. The van der Waals surface area contributed by atoms with Gasteiger partial charge >= 0.3 is 0 Å². The van der Waals surface area contributed by atoms with Crippen molar-refractivity contribution in [3.05, 3.63) is 22.3 Å². The molecule has 84 valence electrons. The third kappa shape index (κ3) is 2.18. The minimum Gasteiger partial charge on any atom is -0.360 e. The van der Waals surface area contributed by atoms with Crippen molar-refractivity contribution in [3.8, 4) is 6.07 Å². The highest BCUT2D eigenvalue weighted by atomic mass is 79.9. The van der Waals surface area contributed by atoms with Gasteiger partial charge in [-0.1, -0.05) is 0 Å². The average Bonchev–Trinajstić information content (AvgIpc) is 2.33. The van der Waals surface area contributed by atoms with Crippen LogP contribution >= 0.6 is 15.9 Å². The van der Waals surface area contributed by atoms with E-state index < -0.39 is 0 Å². The Balaban J connectivity index is 2.24. The molecule has 1 aliphatic heterocycles. The molecule has 4 nitrogen and oxygen atoms in total. The normalized spacial score (nSPS) is 20.6. The van der Waals surface area contributed by atoms with Gasteiger partial charge in [0.1, 0.15) is 5.82 Å². The number of pyridine rings is 1. The number of aromatic nitrogens is 1. The lowest BCUT2D eigenvalue weighted by molar-refractivity contribution is 0.0761. The van der Waals surface area contributed by atoms with Gasteiger partial charge in [0.25, 0.3) is 0 Å². The molecule has 0 N–H and O–H groups in total. The van der Waals surface area contributed by atoms with Crippen LogP contribution in [0.5, 0.6) is 0 Å². The molecule has 1 fully saturated rings. The van der Waals surface area contributed by atoms with E-state index in [1.54, 1.807) is 6.20 Å². The number of morpholine rings is 1. The minimum absolute atomic E-state index is 0.358. The number of halogens is 1. The molecule has 0 spiro atoms.